The molecule has 0 aliphatic heterocycles. The summed E-state index contributed by atoms with van der Waals surface area (Å²) in [5.74, 6) is 0.783. The van der Waals surface area contributed by atoms with Gasteiger partial charge in [0.1, 0.15) is 0 Å². The Kier molecular flexibility index (Phi) is 8.24. The first-order valence-electron chi connectivity index (χ1n) is 11.3. The van der Waals surface area contributed by atoms with Crippen LogP contribution in [0.3, 0.4) is 0 Å². The molecule has 0 bridgehead atoms. The number of guanidine groups is 1. The van der Waals surface area contributed by atoms with E-state index in [0.717, 1.165) is 47.1 Å². The Bertz CT molecular complexity index is 1100. The van der Waals surface area contributed by atoms with Crippen LogP contribution in [0.4, 0.5) is 0 Å². The highest BCUT2D eigenvalue weighted by Crippen LogP contribution is 2.18. The van der Waals surface area contributed by atoms with E-state index in [1.165, 1.54) is 0 Å². The molecule has 7 nitrogen and oxygen atoms in total. The molecule has 3 rings (SSSR count). The third-order valence-electron chi connectivity index (χ3n) is 5.47. The van der Waals surface area contributed by atoms with E-state index >= 15 is 0 Å². The second-order valence-corrected chi connectivity index (χ2v) is 8.17. The van der Waals surface area contributed by atoms with Gasteiger partial charge in [0.05, 0.1) is 17.9 Å². The summed E-state index contributed by atoms with van der Waals surface area (Å²) in [6.45, 7) is 8.20. The average molecular weight is 447 g/mol. The molecule has 1 aromatic heterocycles. The molecule has 0 spiro atoms. The number of nitrogens with zero attached hydrogens (tertiary/aromatic N) is 4. The molecule has 0 unspecified atom stereocenters. The van der Waals surface area contributed by atoms with Gasteiger partial charge in [-0.3, -0.25) is 4.79 Å². The number of aliphatic imine (C=N–C) groups is 1. The number of carbonyl (C=O) groups is 1. The molecule has 0 fully saturated rings. The SMILES string of the molecule is CCNC(=NCc1c(C)nn(-c2ccccc2)c1C)NCCc1cccc(C(=O)N(C)C)c1. The number of hydrogen-bond donors (Lipinski definition) is 2. The van der Waals surface area contributed by atoms with Crippen molar-refractivity contribution in [2.45, 2.75) is 33.7 Å². The van der Waals surface area contributed by atoms with Crippen LogP contribution in [0.15, 0.2) is 59.6 Å². The first kappa shape index (κ1) is 24.0. The number of hydrogen-bond acceptors (Lipinski definition) is 3. The molecule has 1 heterocycles. The minimum absolute atomic E-state index is 0.0153. The van der Waals surface area contributed by atoms with Crippen LogP contribution in [0.25, 0.3) is 5.69 Å². The molecule has 2 aromatic carbocycles. The zero-order valence-electron chi connectivity index (χ0n) is 20.2. The second-order valence-electron chi connectivity index (χ2n) is 8.17. The van der Waals surface area contributed by atoms with Crippen molar-refractivity contribution in [3.8, 4) is 5.69 Å². The fourth-order valence-corrected chi connectivity index (χ4v) is 3.67. The summed E-state index contributed by atoms with van der Waals surface area (Å²) in [7, 11) is 3.53. The smallest absolute Gasteiger partial charge is 0.253 e. The first-order chi connectivity index (χ1) is 15.9. The van der Waals surface area contributed by atoms with Gasteiger partial charge < -0.3 is 15.5 Å². The van der Waals surface area contributed by atoms with Crippen molar-refractivity contribution in [2.75, 3.05) is 27.2 Å². The van der Waals surface area contributed by atoms with Crippen molar-refractivity contribution in [3.63, 3.8) is 0 Å². The number of rotatable bonds is 8. The minimum Gasteiger partial charge on any atom is -0.357 e. The summed E-state index contributed by atoms with van der Waals surface area (Å²) in [5, 5.41) is 11.4. The van der Waals surface area contributed by atoms with Crippen LogP contribution in [0.2, 0.25) is 0 Å². The van der Waals surface area contributed by atoms with Crippen LogP contribution in [-0.2, 0) is 13.0 Å². The molecular formula is C26H34N6O. The lowest BCUT2D eigenvalue weighted by Gasteiger charge is -2.13. The van der Waals surface area contributed by atoms with Gasteiger partial charge in [0.25, 0.3) is 5.91 Å². The number of aryl methyl sites for hydroxylation is 1. The summed E-state index contributed by atoms with van der Waals surface area (Å²) < 4.78 is 1.97. The maximum atomic E-state index is 12.2. The highest BCUT2D eigenvalue weighted by atomic mass is 16.2. The molecule has 7 heteroatoms. The molecule has 1 amide bonds. The van der Waals surface area contributed by atoms with Gasteiger partial charge in [0.2, 0.25) is 0 Å². The quantitative estimate of drug-likeness (QED) is 0.410. The van der Waals surface area contributed by atoms with Crippen molar-refractivity contribution in [2.24, 2.45) is 4.99 Å². The van der Waals surface area contributed by atoms with Gasteiger partial charge in [-0.15, -0.1) is 0 Å². The first-order valence-corrected chi connectivity index (χ1v) is 11.3. The second kappa shape index (κ2) is 11.3. The summed E-state index contributed by atoms with van der Waals surface area (Å²) in [5.41, 5.74) is 6.08. The minimum atomic E-state index is 0.0153. The number of para-hydroxylation sites is 1. The van der Waals surface area contributed by atoms with Crippen molar-refractivity contribution >= 4 is 11.9 Å². The Morgan fingerprint density at radius 1 is 1.06 bits per heavy atom. The summed E-state index contributed by atoms with van der Waals surface area (Å²) in [4.78, 5) is 18.6. The summed E-state index contributed by atoms with van der Waals surface area (Å²) >= 11 is 0. The van der Waals surface area contributed by atoms with Gasteiger partial charge in [-0.2, -0.15) is 5.10 Å². The van der Waals surface area contributed by atoms with Gasteiger partial charge in [-0.25, -0.2) is 9.67 Å². The zero-order valence-corrected chi connectivity index (χ0v) is 20.2. The predicted molar refractivity (Wildman–Crippen MR) is 134 cm³/mol. The van der Waals surface area contributed by atoms with E-state index in [2.05, 4.69) is 36.6 Å². The molecule has 2 N–H and O–H groups in total. The summed E-state index contributed by atoms with van der Waals surface area (Å²) in [6, 6.07) is 17.9. The third-order valence-corrected chi connectivity index (χ3v) is 5.47. The number of aromatic nitrogens is 2. The lowest BCUT2D eigenvalue weighted by molar-refractivity contribution is 0.0827. The molecule has 0 atom stereocenters. The number of amides is 1. The molecule has 3 aromatic rings. The molecule has 0 radical (unpaired) electrons. The maximum absolute atomic E-state index is 12.2. The Morgan fingerprint density at radius 3 is 2.52 bits per heavy atom. The van der Waals surface area contributed by atoms with Gasteiger partial charge >= 0.3 is 0 Å². The average Bonchev–Trinajstić information content (AvgIpc) is 3.10. The Labute approximate surface area is 196 Å². The molecule has 0 aliphatic rings. The van der Waals surface area contributed by atoms with Crippen LogP contribution in [-0.4, -0.2) is 53.7 Å². The number of nitrogens with one attached hydrogen (secondary N) is 2. The lowest BCUT2D eigenvalue weighted by atomic mass is 10.1. The van der Waals surface area contributed by atoms with E-state index in [1.807, 2.05) is 54.1 Å². The van der Waals surface area contributed by atoms with Crippen molar-refractivity contribution in [1.29, 1.82) is 0 Å². The van der Waals surface area contributed by atoms with Gasteiger partial charge in [-0.1, -0.05) is 30.3 Å². The normalized spacial score (nSPS) is 11.4. The van der Waals surface area contributed by atoms with Gasteiger partial charge in [0.15, 0.2) is 5.96 Å². The molecule has 33 heavy (non-hydrogen) atoms. The van der Waals surface area contributed by atoms with Gasteiger partial charge in [0, 0.05) is 44.0 Å². The fraction of sp³-hybridized carbons (Fsp3) is 0.346. The Hall–Kier alpha value is -3.61. The van der Waals surface area contributed by atoms with Crippen LogP contribution < -0.4 is 10.6 Å². The van der Waals surface area contributed by atoms with Crippen LogP contribution >= 0.6 is 0 Å². The van der Waals surface area contributed by atoms with E-state index in [9.17, 15) is 4.79 Å². The van der Waals surface area contributed by atoms with Gasteiger partial charge in [-0.05, 0) is 57.0 Å². The van der Waals surface area contributed by atoms with Crippen molar-refractivity contribution in [1.82, 2.24) is 25.3 Å². The lowest BCUT2D eigenvalue weighted by Crippen LogP contribution is -2.38. The Balaban J connectivity index is 1.66. The molecular weight excluding hydrogens is 412 g/mol. The molecule has 174 valence electrons. The van der Waals surface area contributed by atoms with E-state index in [4.69, 9.17) is 10.1 Å². The van der Waals surface area contributed by atoms with E-state index in [1.54, 1.807) is 19.0 Å². The third kappa shape index (κ3) is 6.22. The van der Waals surface area contributed by atoms with E-state index in [-0.39, 0.29) is 5.91 Å². The molecule has 0 aliphatic carbocycles. The standard InChI is InChI=1S/C26H34N6O/c1-6-27-26(28-16-15-21-11-10-12-22(17-21)25(33)31(4)5)29-18-24-19(2)30-32(20(24)3)23-13-8-7-9-14-23/h7-14,17H,6,15-16,18H2,1-5H3,(H2,27,28,29). The number of benzene rings is 2. The van der Waals surface area contributed by atoms with Crippen LogP contribution in [0.5, 0.6) is 0 Å². The van der Waals surface area contributed by atoms with E-state index in [0.29, 0.717) is 18.7 Å². The molecule has 0 saturated carbocycles. The summed E-state index contributed by atoms with van der Waals surface area (Å²) in [6.07, 6.45) is 0.795. The largest absolute Gasteiger partial charge is 0.357 e. The highest BCUT2D eigenvalue weighted by Gasteiger charge is 2.13. The molecule has 0 saturated heterocycles. The van der Waals surface area contributed by atoms with Crippen molar-refractivity contribution < 1.29 is 4.79 Å². The topological polar surface area (TPSA) is 74.5 Å². The maximum Gasteiger partial charge on any atom is 0.253 e. The predicted octanol–water partition coefficient (Wildman–Crippen LogP) is 3.49. The van der Waals surface area contributed by atoms with E-state index < -0.39 is 0 Å². The number of carbonyl (C=O) groups excluding carboxylic acids is 1. The Morgan fingerprint density at radius 2 is 1.82 bits per heavy atom. The fourth-order valence-electron chi connectivity index (χ4n) is 3.67. The van der Waals surface area contributed by atoms with Crippen LogP contribution in [0, 0.1) is 13.8 Å². The van der Waals surface area contributed by atoms with Crippen molar-refractivity contribution in [3.05, 3.63) is 82.7 Å². The zero-order chi connectivity index (χ0) is 23.8. The monoisotopic (exact) mass is 446 g/mol. The highest BCUT2D eigenvalue weighted by molar-refractivity contribution is 5.94. The van der Waals surface area contributed by atoms with Crippen LogP contribution in [0.1, 0.15) is 39.8 Å².